The highest BCUT2D eigenvalue weighted by atomic mass is 79.9. The Morgan fingerprint density at radius 2 is 1.83 bits per heavy atom. The molecule has 1 atom stereocenters. The molecule has 1 N–H and O–H groups in total. The number of hydrogen-bond donors (Lipinski definition) is 1. The lowest BCUT2D eigenvalue weighted by atomic mass is 10.1. The van der Waals surface area contributed by atoms with Crippen molar-refractivity contribution in [2.24, 2.45) is 14.1 Å². The lowest BCUT2D eigenvalue weighted by Crippen LogP contribution is -2.37. The van der Waals surface area contributed by atoms with Gasteiger partial charge in [-0.25, -0.2) is 4.79 Å². The van der Waals surface area contributed by atoms with Gasteiger partial charge in [-0.15, -0.1) is 0 Å². The molecule has 0 aliphatic carbocycles. The van der Waals surface area contributed by atoms with Crippen LogP contribution in [0.2, 0.25) is 0 Å². The molecule has 0 bridgehead atoms. The molecule has 6 nitrogen and oxygen atoms in total. The largest absolute Gasteiger partial charge is 0.346 e. The Balaban J connectivity index is 2.12. The average molecular weight is 392 g/mol. The van der Waals surface area contributed by atoms with Crippen LogP contribution in [-0.4, -0.2) is 15.0 Å². The van der Waals surface area contributed by atoms with Gasteiger partial charge in [0, 0.05) is 30.8 Å². The van der Waals surface area contributed by atoms with Gasteiger partial charge in [0.2, 0.25) is 5.91 Å². The Bertz CT molecular complexity index is 895. The maximum atomic E-state index is 12.0. The van der Waals surface area contributed by atoms with Gasteiger partial charge in [0.25, 0.3) is 5.56 Å². The van der Waals surface area contributed by atoms with Crippen molar-refractivity contribution in [1.29, 1.82) is 0 Å². The van der Waals surface area contributed by atoms with Crippen LogP contribution in [0.5, 0.6) is 0 Å². The van der Waals surface area contributed by atoms with Crippen LogP contribution in [0.4, 0.5) is 0 Å². The standard InChI is InChI=1S/C17H18BrN3O3/c1-11(12-4-7-14(18)8-5-12)19-15(22)9-6-13-10-20(2)17(24)21(3)16(13)23/h4-11H,1-3H3,(H,19,22)/b9-6+. The second kappa shape index (κ2) is 7.44. The van der Waals surface area contributed by atoms with Crippen molar-refractivity contribution in [3.63, 3.8) is 0 Å². The SMILES string of the molecule is CC(NC(=O)/C=C/c1cn(C)c(=O)n(C)c1=O)c1ccc(Br)cc1. The molecule has 0 saturated carbocycles. The Hall–Kier alpha value is -2.41. The summed E-state index contributed by atoms with van der Waals surface area (Å²) in [5, 5.41) is 2.83. The highest BCUT2D eigenvalue weighted by Crippen LogP contribution is 2.16. The van der Waals surface area contributed by atoms with Gasteiger partial charge in [-0.3, -0.25) is 14.2 Å². The molecule has 0 aliphatic heterocycles. The third-order valence-corrected chi connectivity index (χ3v) is 4.14. The van der Waals surface area contributed by atoms with E-state index in [1.54, 1.807) is 7.05 Å². The second-order valence-electron chi connectivity index (χ2n) is 5.46. The molecule has 24 heavy (non-hydrogen) atoms. The fourth-order valence-corrected chi connectivity index (χ4v) is 2.48. The molecular formula is C17H18BrN3O3. The molecule has 2 rings (SSSR count). The van der Waals surface area contributed by atoms with E-state index in [-0.39, 0.29) is 17.5 Å². The molecule has 1 unspecified atom stereocenters. The molecule has 0 saturated heterocycles. The number of amides is 1. The second-order valence-corrected chi connectivity index (χ2v) is 6.37. The molecule has 2 aromatic rings. The number of hydrogen-bond acceptors (Lipinski definition) is 3. The number of rotatable bonds is 4. The molecule has 0 spiro atoms. The summed E-state index contributed by atoms with van der Waals surface area (Å²) in [7, 11) is 2.95. The molecule has 126 valence electrons. The molecular weight excluding hydrogens is 374 g/mol. The maximum Gasteiger partial charge on any atom is 0.330 e. The van der Waals surface area contributed by atoms with Gasteiger partial charge in [0.1, 0.15) is 0 Å². The Kier molecular flexibility index (Phi) is 5.56. The van der Waals surface area contributed by atoms with Crippen molar-refractivity contribution in [3.8, 4) is 0 Å². The van der Waals surface area contributed by atoms with E-state index in [1.165, 1.54) is 30.0 Å². The molecule has 1 aromatic heterocycles. The Labute approximate surface area is 147 Å². The minimum Gasteiger partial charge on any atom is -0.346 e. The first-order valence-electron chi connectivity index (χ1n) is 7.30. The zero-order valence-corrected chi connectivity index (χ0v) is 15.2. The first-order chi connectivity index (χ1) is 11.3. The number of carbonyl (C=O) groups is 1. The van der Waals surface area contributed by atoms with Crippen molar-refractivity contribution in [3.05, 3.63) is 73.0 Å². The van der Waals surface area contributed by atoms with Gasteiger partial charge in [-0.05, 0) is 30.7 Å². The Morgan fingerprint density at radius 1 is 1.21 bits per heavy atom. The summed E-state index contributed by atoms with van der Waals surface area (Å²) in [5.74, 6) is -0.318. The number of nitrogens with one attached hydrogen (secondary N) is 1. The summed E-state index contributed by atoms with van der Waals surface area (Å²) in [4.78, 5) is 35.6. The minimum absolute atomic E-state index is 0.168. The highest BCUT2D eigenvalue weighted by molar-refractivity contribution is 9.10. The van der Waals surface area contributed by atoms with E-state index in [1.807, 2.05) is 31.2 Å². The van der Waals surface area contributed by atoms with Crippen LogP contribution < -0.4 is 16.6 Å². The lowest BCUT2D eigenvalue weighted by Gasteiger charge is -2.13. The van der Waals surface area contributed by atoms with Gasteiger partial charge in [-0.1, -0.05) is 28.1 Å². The fourth-order valence-electron chi connectivity index (χ4n) is 2.21. The first kappa shape index (κ1) is 17.9. The number of aromatic nitrogens is 2. The van der Waals surface area contributed by atoms with Gasteiger partial charge < -0.3 is 9.88 Å². The average Bonchev–Trinajstić information content (AvgIpc) is 2.55. The van der Waals surface area contributed by atoms with Crippen LogP contribution in [0.3, 0.4) is 0 Å². The lowest BCUT2D eigenvalue weighted by molar-refractivity contribution is -0.117. The van der Waals surface area contributed by atoms with Crippen LogP contribution >= 0.6 is 15.9 Å². The normalized spacial score (nSPS) is 12.3. The predicted molar refractivity (Wildman–Crippen MR) is 96.7 cm³/mol. The molecule has 0 radical (unpaired) electrons. The summed E-state index contributed by atoms with van der Waals surface area (Å²) in [6.45, 7) is 1.88. The quantitative estimate of drug-likeness (QED) is 0.806. The summed E-state index contributed by atoms with van der Waals surface area (Å²) in [6, 6.07) is 7.48. The van der Waals surface area contributed by atoms with Gasteiger partial charge in [0.15, 0.2) is 0 Å². The number of nitrogens with zero attached hydrogens (tertiary/aromatic N) is 2. The van der Waals surface area contributed by atoms with Crippen molar-refractivity contribution >= 4 is 27.9 Å². The van der Waals surface area contributed by atoms with E-state index in [2.05, 4.69) is 21.2 Å². The highest BCUT2D eigenvalue weighted by Gasteiger charge is 2.08. The minimum atomic E-state index is -0.442. The van der Waals surface area contributed by atoms with Crippen LogP contribution in [0.25, 0.3) is 6.08 Å². The summed E-state index contributed by atoms with van der Waals surface area (Å²) in [5.41, 5.74) is 0.387. The number of aryl methyl sites for hydroxylation is 1. The van der Waals surface area contributed by atoms with E-state index in [0.717, 1.165) is 14.6 Å². The monoisotopic (exact) mass is 391 g/mol. The summed E-state index contributed by atoms with van der Waals surface area (Å²) < 4.78 is 3.26. The van der Waals surface area contributed by atoms with Crippen molar-refractivity contribution < 1.29 is 4.79 Å². The number of halogens is 1. The van der Waals surface area contributed by atoms with Crippen molar-refractivity contribution in [2.75, 3.05) is 0 Å². The molecule has 1 aromatic carbocycles. The molecule has 0 fully saturated rings. The predicted octanol–water partition coefficient (Wildman–Crippen LogP) is 1.74. The first-order valence-corrected chi connectivity index (χ1v) is 8.09. The fraction of sp³-hybridized carbons (Fsp3) is 0.235. The van der Waals surface area contributed by atoms with E-state index in [4.69, 9.17) is 0 Å². The third kappa shape index (κ3) is 4.11. The number of benzene rings is 1. The molecule has 1 heterocycles. The zero-order chi connectivity index (χ0) is 17.9. The maximum absolute atomic E-state index is 12.0. The van der Waals surface area contributed by atoms with Gasteiger partial charge in [0.05, 0.1) is 11.6 Å². The van der Waals surface area contributed by atoms with Gasteiger partial charge >= 0.3 is 5.69 Å². The Morgan fingerprint density at radius 3 is 2.46 bits per heavy atom. The smallest absolute Gasteiger partial charge is 0.330 e. The summed E-state index contributed by atoms with van der Waals surface area (Å²) in [6.07, 6.45) is 4.11. The topological polar surface area (TPSA) is 73.1 Å². The van der Waals surface area contributed by atoms with E-state index in [9.17, 15) is 14.4 Å². The van der Waals surface area contributed by atoms with Gasteiger partial charge in [-0.2, -0.15) is 0 Å². The van der Waals surface area contributed by atoms with Crippen LogP contribution in [-0.2, 0) is 18.9 Å². The summed E-state index contributed by atoms with van der Waals surface area (Å²) >= 11 is 3.37. The van der Waals surface area contributed by atoms with Crippen molar-refractivity contribution in [2.45, 2.75) is 13.0 Å². The van der Waals surface area contributed by atoms with E-state index >= 15 is 0 Å². The number of carbonyl (C=O) groups excluding carboxylic acids is 1. The van der Waals surface area contributed by atoms with Crippen LogP contribution in [0.15, 0.2) is 50.6 Å². The van der Waals surface area contributed by atoms with Crippen LogP contribution in [0.1, 0.15) is 24.1 Å². The molecule has 7 heteroatoms. The van der Waals surface area contributed by atoms with Crippen LogP contribution in [0, 0.1) is 0 Å². The molecule has 0 aliphatic rings. The van der Waals surface area contributed by atoms with E-state index in [0.29, 0.717) is 0 Å². The third-order valence-electron chi connectivity index (χ3n) is 3.62. The molecule has 1 amide bonds. The van der Waals surface area contributed by atoms with Crippen molar-refractivity contribution in [1.82, 2.24) is 14.5 Å². The zero-order valence-electron chi connectivity index (χ0n) is 13.6. The van der Waals surface area contributed by atoms with E-state index < -0.39 is 11.2 Å².